The van der Waals surface area contributed by atoms with Gasteiger partial charge in [0.05, 0.1) is 20.1 Å². The van der Waals surface area contributed by atoms with Crippen LogP contribution in [0.5, 0.6) is 0 Å². The van der Waals surface area contributed by atoms with Crippen molar-refractivity contribution in [1.82, 2.24) is 0 Å². The van der Waals surface area contributed by atoms with Crippen molar-refractivity contribution in [2.75, 3.05) is 13.7 Å². The lowest BCUT2D eigenvalue weighted by Gasteiger charge is -2.31. The maximum Gasteiger partial charge on any atom is 0.309 e. The molecule has 0 amide bonds. The summed E-state index contributed by atoms with van der Waals surface area (Å²) in [7, 11) is 1.31. The molecular formula is C15H25NO7. The molecule has 8 heteroatoms. The number of hydrogen-bond donors (Lipinski definition) is 1. The standard InChI is InChI=1S/C15H25NO7/c1-13(2)19-7-8(20-13)10-11-12(23-14(3,4)21-11)15(16,22-10)6-9(17)18-5/h8,10-12H,6-7,16H2,1-5H3/t8-,10-,11+,12+,15?/m1/s1. The molecule has 3 saturated heterocycles. The van der Waals surface area contributed by atoms with Crippen molar-refractivity contribution in [3.63, 3.8) is 0 Å². The molecule has 3 heterocycles. The smallest absolute Gasteiger partial charge is 0.309 e. The van der Waals surface area contributed by atoms with E-state index >= 15 is 0 Å². The summed E-state index contributed by atoms with van der Waals surface area (Å²) < 4.78 is 34.0. The number of nitrogens with two attached hydrogens (primary N) is 1. The Morgan fingerprint density at radius 1 is 1.09 bits per heavy atom. The van der Waals surface area contributed by atoms with Gasteiger partial charge < -0.3 is 34.2 Å². The fourth-order valence-electron chi connectivity index (χ4n) is 3.40. The SMILES string of the molecule is COC(=O)CC1(N)O[C@H]([C@H]2COC(C)(C)O2)[C@@H]2OC(C)(C)O[C@@H]21. The second kappa shape index (κ2) is 5.37. The van der Waals surface area contributed by atoms with Crippen LogP contribution >= 0.6 is 0 Å². The zero-order chi connectivity index (χ0) is 17.0. The number of ether oxygens (including phenoxy) is 6. The van der Waals surface area contributed by atoms with Gasteiger partial charge in [-0.05, 0) is 27.7 Å². The van der Waals surface area contributed by atoms with E-state index in [0.717, 1.165) is 0 Å². The van der Waals surface area contributed by atoms with E-state index < -0.39 is 41.6 Å². The number of esters is 1. The number of rotatable bonds is 3. The molecule has 0 saturated carbocycles. The highest BCUT2D eigenvalue weighted by Gasteiger charge is 2.64. The molecule has 3 fully saturated rings. The molecule has 0 bridgehead atoms. The predicted molar refractivity (Wildman–Crippen MR) is 77.2 cm³/mol. The molecule has 8 nitrogen and oxygen atoms in total. The first-order chi connectivity index (χ1) is 10.6. The molecule has 0 spiro atoms. The first kappa shape index (κ1) is 17.1. The zero-order valence-corrected chi connectivity index (χ0v) is 14.2. The van der Waals surface area contributed by atoms with Crippen LogP contribution in [0.1, 0.15) is 34.1 Å². The molecule has 0 aliphatic carbocycles. The first-order valence-electron chi connectivity index (χ1n) is 7.76. The number of fused-ring (bicyclic) bond motifs is 1. The van der Waals surface area contributed by atoms with Gasteiger partial charge in [-0.25, -0.2) is 0 Å². The Hall–Kier alpha value is -0.770. The van der Waals surface area contributed by atoms with Gasteiger partial charge in [0.1, 0.15) is 24.4 Å². The molecule has 3 aliphatic heterocycles. The summed E-state index contributed by atoms with van der Waals surface area (Å²) >= 11 is 0. The highest BCUT2D eigenvalue weighted by molar-refractivity contribution is 5.70. The van der Waals surface area contributed by atoms with Gasteiger partial charge in [0.25, 0.3) is 0 Å². The van der Waals surface area contributed by atoms with E-state index in [1.165, 1.54) is 7.11 Å². The molecule has 0 aromatic heterocycles. The molecule has 0 radical (unpaired) electrons. The minimum atomic E-state index is -1.33. The van der Waals surface area contributed by atoms with Gasteiger partial charge >= 0.3 is 5.97 Å². The summed E-state index contributed by atoms with van der Waals surface area (Å²) in [5.74, 6) is -1.97. The van der Waals surface area contributed by atoms with Gasteiger partial charge in [-0.3, -0.25) is 4.79 Å². The van der Waals surface area contributed by atoms with Crippen molar-refractivity contribution in [2.45, 2.75) is 75.8 Å². The molecule has 23 heavy (non-hydrogen) atoms. The van der Waals surface area contributed by atoms with E-state index in [1.54, 1.807) is 13.8 Å². The number of methoxy groups -OCH3 is 1. The average Bonchev–Trinajstić information content (AvgIpc) is 3.02. The summed E-state index contributed by atoms with van der Waals surface area (Å²) in [5.41, 5.74) is 5.02. The highest BCUT2D eigenvalue weighted by Crippen LogP contribution is 2.46. The Morgan fingerprint density at radius 2 is 1.78 bits per heavy atom. The van der Waals surface area contributed by atoms with Gasteiger partial charge in [-0.15, -0.1) is 0 Å². The second-order valence-corrected chi connectivity index (χ2v) is 7.18. The molecular weight excluding hydrogens is 306 g/mol. The van der Waals surface area contributed by atoms with Crippen molar-refractivity contribution >= 4 is 5.97 Å². The van der Waals surface area contributed by atoms with Gasteiger partial charge in [-0.2, -0.15) is 0 Å². The van der Waals surface area contributed by atoms with Crippen molar-refractivity contribution < 1.29 is 33.2 Å². The third kappa shape index (κ3) is 3.11. The largest absolute Gasteiger partial charge is 0.469 e. The maximum absolute atomic E-state index is 11.7. The van der Waals surface area contributed by atoms with Crippen molar-refractivity contribution in [3.05, 3.63) is 0 Å². The molecule has 0 aromatic carbocycles. The van der Waals surface area contributed by atoms with Gasteiger partial charge in [0.15, 0.2) is 17.3 Å². The van der Waals surface area contributed by atoms with Gasteiger partial charge in [0, 0.05) is 0 Å². The molecule has 1 unspecified atom stereocenters. The second-order valence-electron chi connectivity index (χ2n) is 7.18. The molecule has 132 valence electrons. The molecule has 0 aromatic rings. The van der Waals surface area contributed by atoms with Crippen LogP contribution in [0.2, 0.25) is 0 Å². The Morgan fingerprint density at radius 3 is 2.35 bits per heavy atom. The molecule has 2 N–H and O–H groups in total. The Labute approximate surface area is 135 Å². The van der Waals surface area contributed by atoms with E-state index in [2.05, 4.69) is 0 Å². The molecule has 3 rings (SSSR count). The van der Waals surface area contributed by atoms with Crippen LogP contribution in [0.4, 0.5) is 0 Å². The van der Waals surface area contributed by atoms with Crippen LogP contribution in [0, 0.1) is 0 Å². The average molecular weight is 331 g/mol. The summed E-state index contributed by atoms with van der Waals surface area (Å²) in [5, 5.41) is 0. The van der Waals surface area contributed by atoms with Gasteiger partial charge in [-0.1, -0.05) is 0 Å². The Balaban J connectivity index is 1.83. The highest BCUT2D eigenvalue weighted by atomic mass is 16.8. The lowest BCUT2D eigenvalue weighted by Crippen LogP contribution is -2.53. The summed E-state index contributed by atoms with van der Waals surface area (Å²) in [4.78, 5) is 11.7. The molecule has 5 atom stereocenters. The summed E-state index contributed by atoms with van der Waals surface area (Å²) in [6.45, 7) is 7.63. The number of carbonyl (C=O) groups is 1. The zero-order valence-electron chi connectivity index (χ0n) is 14.2. The quantitative estimate of drug-likeness (QED) is 0.736. The lowest BCUT2D eigenvalue weighted by molar-refractivity contribution is -0.228. The van der Waals surface area contributed by atoms with Crippen LogP contribution in [-0.4, -0.2) is 61.4 Å². The number of hydrogen-bond acceptors (Lipinski definition) is 8. The predicted octanol–water partition coefficient (Wildman–Crippen LogP) is 0.275. The molecule has 3 aliphatic rings. The fourth-order valence-corrected chi connectivity index (χ4v) is 3.40. The van der Waals surface area contributed by atoms with E-state index in [-0.39, 0.29) is 12.5 Å². The monoisotopic (exact) mass is 331 g/mol. The van der Waals surface area contributed by atoms with Crippen molar-refractivity contribution in [3.8, 4) is 0 Å². The van der Waals surface area contributed by atoms with E-state index in [9.17, 15) is 4.79 Å². The lowest BCUT2D eigenvalue weighted by atomic mass is 9.99. The summed E-state index contributed by atoms with van der Waals surface area (Å²) in [6, 6.07) is 0. The summed E-state index contributed by atoms with van der Waals surface area (Å²) in [6.07, 6.45) is -2.00. The van der Waals surface area contributed by atoms with E-state index in [1.807, 2.05) is 13.8 Å². The van der Waals surface area contributed by atoms with Crippen LogP contribution in [0.15, 0.2) is 0 Å². The van der Waals surface area contributed by atoms with Crippen molar-refractivity contribution in [2.24, 2.45) is 5.73 Å². The Kier molecular flexibility index (Phi) is 3.98. The topological polar surface area (TPSA) is 98.5 Å². The normalized spacial score (nSPS) is 44.3. The minimum absolute atomic E-state index is 0.127. The fraction of sp³-hybridized carbons (Fsp3) is 0.933. The van der Waals surface area contributed by atoms with Gasteiger partial charge in [0.2, 0.25) is 0 Å². The maximum atomic E-state index is 11.7. The van der Waals surface area contributed by atoms with Crippen LogP contribution < -0.4 is 5.73 Å². The Bertz CT molecular complexity index is 494. The number of carbonyl (C=O) groups excluding carboxylic acids is 1. The van der Waals surface area contributed by atoms with Crippen LogP contribution in [0.25, 0.3) is 0 Å². The minimum Gasteiger partial charge on any atom is -0.469 e. The van der Waals surface area contributed by atoms with Crippen molar-refractivity contribution in [1.29, 1.82) is 0 Å². The van der Waals surface area contributed by atoms with Crippen LogP contribution in [0.3, 0.4) is 0 Å². The van der Waals surface area contributed by atoms with E-state index in [4.69, 9.17) is 34.2 Å². The third-order valence-electron chi connectivity index (χ3n) is 4.34. The van der Waals surface area contributed by atoms with E-state index in [0.29, 0.717) is 6.61 Å². The van der Waals surface area contributed by atoms with Crippen LogP contribution in [-0.2, 0) is 33.2 Å². The third-order valence-corrected chi connectivity index (χ3v) is 4.34. The first-order valence-corrected chi connectivity index (χ1v) is 7.76.